The number of nitrogens with one attached hydrogen (secondary N) is 1. The number of rotatable bonds is 1. The highest BCUT2D eigenvalue weighted by atomic mass is 35.5. The third kappa shape index (κ3) is 2.94. The fourth-order valence-electron chi connectivity index (χ4n) is 1.63. The molecule has 1 N–H and O–H groups in total. The Labute approximate surface area is 105 Å². The van der Waals surface area contributed by atoms with Gasteiger partial charge in [0, 0.05) is 33.9 Å². The molecule has 2 atom stereocenters. The molecule has 0 aromatic carbocycles. The topological polar surface area (TPSA) is 29.1 Å². The second-order valence-electron chi connectivity index (χ2n) is 3.45. The van der Waals surface area contributed by atoms with Gasteiger partial charge in [-0.15, -0.1) is 11.3 Å². The normalized spacial score (nSPS) is 27.6. The van der Waals surface area contributed by atoms with Crippen LogP contribution in [-0.2, 0) is 10.8 Å². The Morgan fingerprint density at radius 3 is 3.00 bits per heavy atom. The van der Waals surface area contributed by atoms with Crippen LogP contribution in [0.15, 0.2) is 6.07 Å². The van der Waals surface area contributed by atoms with Crippen molar-refractivity contribution < 1.29 is 4.21 Å². The van der Waals surface area contributed by atoms with E-state index < -0.39 is 10.8 Å². The predicted octanol–water partition coefficient (Wildman–Crippen LogP) is 2.84. The Hall–Kier alpha value is 0.390. The minimum absolute atomic E-state index is 0.0876. The highest BCUT2D eigenvalue weighted by Gasteiger charge is 2.21. The lowest BCUT2D eigenvalue weighted by Crippen LogP contribution is -2.23. The van der Waals surface area contributed by atoms with Crippen LogP contribution in [0, 0.1) is 0 Å². The van der Waals surface area contributed by atoms with Crippen molar-refractivity contribution in [2.45, 2.75) is 12.5 Å². The summed E-state index contributed by atoms with van der Waals surface area (Å²) in [5, 5.41) is 3.35. The molecule has 0 radical (unpaired) electrons. The molecule has 1 aromatic heterocycles. The maximum Gasteiger partial charge on any atom is 0.0992 e. The lowest BCUT2D eigenvalue weighted by Gasteiger charge is -2.13. The highest BCUT2D eigenvalue weighted by molar-refractivity contribution is 7.85. The Morgan fingerprint density at radius 2 is 2.33 bits per heavy atom. The zero-order chi connectivity index (χ0) is 10.8. The van der Waals surface area contributed by atoms with E-state index in [4.69, 9.17) is 23.2 Å². The zero-order valence-corrected chi connectivity index (χ0v) is 11.1. The van der Waals surface area contributed by atoms with Crippen LogP contribution in [0.25, 0.3) is 0 Å². The molecule has 1 fully saturated rings. The van der Waals surface area contributed by atoms with Gasteiger partial charge in [-0.2, -0.15) is 0 Å². The molecule has 0 saturated carbocycles. The smallest absolute Gasteiger partial charge is 0.0992 e. The predicted molar refractivity (Wildman–Crippen MR) is 67.6 cm³/mol. The van der Waals surface area contributed by atoms with Gasteiger partial charge in [0.1, 0.15) is 0 Å². The maximum absolute atomic E-state index is 11.6. The monoisotopic (exact) mass is 283 g/mol. The third-order valence-corrected chi connectivity index (χ3v) is 5.32. The Morgan fingerprint density at radius 1 is 1.53 bits per heavy atom. The van der Waals surface area contributed by atoms with Crippen LogP contribution in [0.3, 0.4) is 0 Å². The molecular weight excluding hydrogens is 273 g/mol. The first kappa shape index (κ1) is 11.9. The third-order valence-electron chi connectivity index (χ3n) is 2.35. The van der Waals surface area contributed by atoms with Crippen molar-refractivity contribution in [3.63, 3.8) is 0 Å². The largest absolute Gasteiger partial charge is 0.309 e. The standard InChI is InChI=1S/C9H11Cl2NOS2/c10-8-4-6(9(11)14-8)7-5-15(13)3-1-2-12-7/h4,7,12H,1-3,5H2. The lowest BCUT2D eigenvalue weighted by atomic mass is 10.2. The van der Waals surface area contributed by atoms with Crippen LogP contribution < -0.4 is 5.32 Å². The highest BCUT2D eigenvalue weighted by Crippen LogP contribution is 2.35. The molecule has 15 heavy (non-hydrogen) atoms. The summed E-state index contributed by atoms with van der Waals surface area (Å²) in [6.45, 7) is 0.889. The van der Waals surface area contributed by atoms with Gasteiger partial charge >= 0.3 is 0 Å². The second-order valence-corrected chi connectivity index (χ2v) is 7.36. The van der Waals surface area contributed by atoms with Crippen molar-refractivity contribution in [3.8, 4) is 0 Å². The minimum Gasteiger partial charge on any atom is -0.309 e. The van der Waals surface area contributed by atoms with Crippen molar-refractivity contribution >= 4 is 45.3 Å². The first-order valence-corrected chi connectivity index (χ1v) is 7.76. The maximum atomic E-state index is 11.6. The Kier molecular flexibility index (Phi) is 4.07. The summed E-state index contributed by atoms with van der Waals surface area (Å²) in [4.78, 5) is 0. The summed E-state index contributed by atoms with van der Waals surface area (Å²) >= 11 is 13.3. The molecule has 0 spiro atoms. The summed E-state index contributed by atoms with van der Waals surface area (Å²) in [5.41, 5.74) is 0.988. The van der Waals surface area contributed by atoms with E-state index in [0.29, 0.717) is 14.4 Å². The zero-order valence-electron chi connectivity index (χ0n) is 7.96. The first-order valence-electron chi connectivity index (χ1n) is 4.70. The van der Waals surface area contributed by atoms with E-state index in [2.05, 4.69) is 5.32 Å². The van der Waals surface area contributed by atoms with Crippen molar-refractivity contribution in [3.05, 3.63) is 20.3 Å². The van der Waals surface area contributed by atoms with Gasteiger partial charge in [0.15, 0.2) is 0 Å². The van der Waals surface area contributed by atoms with Crippen LogP contribution >= 0.6 is 34.5 Å². The van der Waals surface area contributed by atoms with Crippen LogP contribution in [0.1, 0.15) is 18.0 Å². The van der Waals surface area contributed by atoms with E-state index >= 15 is 0 Å². The number of hydrogen-bond acceptors (Lipinski definition) is 3. The van der Waals surface area contributed by atoms with Crippen LogP contribution in [-0.4, -0.2) is 22.3 Å². The quantitative estimate of drug-likeness (QED) is 0.859. The fourth-order valence-corrected chi connectivity index (χ4v) is 4.51. The van der Waals surface area contributed by atoms with Crippen molar-refractivity contribution in [2.75, 3.05) is 18.1 Å². The summed E-state index contributed by atoms with van der Waals surface area (Å²) in [6.07, 6.45) is 0.957. The van der Waals surface area contributed by atoms with Gasteiger partial charge in [0.05, 0.1) is 8.67 Å². The molecule has 0 aliphatic carbocycles. The second kappa shape index (κ2) is 5.15. The molecule has 6 heteroatoms. The van der Waals surface area contributed by atoms with Gasteiger partial charge in [-0.3, -0.25) is 4.21 Å². The van der Waals surface area contributed by atoms with E-state index in [0.717, 1.165) is 24.3 Å². The molecule has 2 heterocycles. The molecule has 1 aliphatic heterocycles. The lowest BCUT2D eigenvalue weighted by molar-refractivity contribution is 0.589. The van der Waals surface area contributed by atoms with E-state index in [1.165, 1.54) is 11.3 Å². The van der Waals surface area contributed by atoms with Crippen LogP contribution in [0.2, 0.25) is 8.67 Å². The molecule has 1 aromatic rings. The van der Waals surface area contributed by atoms with Gasteiger partial charge in [-0.1, -0.05) is 23.2 Å². The average Bonchev–Trinajstić information content (AvgIpc) is 2.38. The van der Waals surface area contributed by atoms with E-state index in [9.17, 15) is 4.21 Å². The average molecular weight is 284 g/mol. The van der Waals surface area contributed by atoms with Crippen LogP contribution in [0.5, 0.6) is 0 Å². The van der Waals surface area contributed by atoms with Crippen molar-refractivity contribution in [1.29, 1.82) is 0 Å². The summed E-state index contributed by atoms with van der Waals surface area (Å²) in [6, 6.07) is 1.96. The van der Waals surface area contributed by atoms with Gasteiger partial charge in [-0.25, -0.2) is 0 Å². The van der Waals surface area contributed by atoms with Crippen LogP contribution in [0.4, 0.5) is 0 Å². The van der Waals surface area contributed by atoms with E-state index in [1.54, 1.807) is 0 Å². The minimum atomic E-state index is -0.747. The molecule has 0 bridgehead atoms. The van der Waals surface area contributed by atoms with Gasteiger partial charge < -0.3 is 5.32 Å². The Balaban J connectivity index is 2.21. The molecular formula is C9H11Cl2NOS2. The molecule has 1 saturated heterocycles. The molecule has 84 valence electrons. The number of halogens is 2. The van der Waals surface area contributed by atoms with E-state index in [1.807, 2.05) is 6.07 Å². The SMILES string of the molecule is O=S1CCCNC(c2cc(Cl)sc2Cl)C1. The van der Waals surface area contributed by atoms with Crippen molar-refractivity contribution in [2.24, 2.45) is 0 Å². The van der Waals surface area contributed by atoms with Crippen molar-refractivity contribution in [1.82, 2.24) is 5.32 Å². The van der Waals surface area contributed by atoms with E-state index in [-0.39, 0.29) is 6.04 Å². The fraction of sp³-hybridized carbons (Fsp3) is 0.556. The Bertz CT molecular complexity index is 380. The summed E-state index contributed by atoms with van der Waals surface area (Å²) < 4.78 is 13.0. The first-order chi connectivity index (χ1) is 7.16. The van der Waals surface area contributed by atoms with Gasteiger partial charge in [0.2, 0.25) is 0 Å². The van der Waals surface area contributed by atoms with Gasteiger partial charge in [0.25, 0.3) is 0 Å². The summed E-state index contributed by atoms with van der Waals surface area (Å²) in [7, 11) is -0.747. The molecule has 2 nitrogen and oxygen atoms in total. The molecule has 2 rings (SSSR count). The number of hydrogen-bond donors (Lipinski definition) is 1. The summed E-state index contributed by atoms with van der Waals surface area (Å²) in [5.74, 6) is 1.41. The molecule has 1 aliphatic rings. The molecule has 0 amide bonds. The van der Waals surface area contributed by atoms with Gasteiger partial charge in [-0.05, 0) is 19.0 Å². The number of thiophene rings is 1. The molecule has 2 unspecified atom stereocenters.